The molecule has 0 aromatic carbocycles. The molecule has 2 fully saturated rings. The number of rotatable bonds is 3. The Hall–Kier alpha value is -2.02. The molecule has 4 heterocycles. The maximum atomic E-state index is 13.9. The van der Waals surface area contributed by atoms with Crippen molar-refractivity contribution in [2.24, 2.45) is 7.05 Å². The zero-order chi connectivity index (χ0) is 14.4. The summed E-state index contributed by atoms with van der Waals surface area (Å²) in [4.78, 5) is 8.71. The van der Waals surface area contributed by atoms with Gasteiger partial charge in [-0.2, -0.15) is 0 Å². The molecule has 2 aliphatic rings. The number of likely N-dealkylation sites (tertiary alicyclic amines) is 1. The van der Waals surface area contributed by atoms with Crippen LogP contribution in [0.2, 0.25) is 0 Å². The minimum Gasteiger partial charge on any atom is -0.348 e. The Morgan fingerprint density at radius 2 is 2.24 bits per heavy atom. The Balaban J connectivity index is 1.49. The van der Waals surface area contributed by atoms with E-state index in [0.29, 0.717) is 17.9 Å². The van der Waals surface area contributed by atoms with Crippen LogP contribution in [0.4, 0.5) is 10.2 Å². The molecule has 2 aromatic rings. The van der Waals surface area contributed by atoms with Crippen molar-refractivity contribution in [3.05, 3.63) is 36.3 Å². The number of aromatic nitrogens is 4. The van der Waals surface area contributed by atoms with Gasteiger partial charge in [-0.1, -0.05) is 0 Å². The van der Waals surface area contributed by atoms with Gasteiger partial charge in [0.05, 0.1) is 6.54 Å². The van der Waals surface area contributed by atoms with E-state index in [4.69, 9.17) is 0 Å². The summed E-state index contributed by atoms with van der Waals surface area (Å²) in [6.45, 7) is 2.56. The third-order valence-electron chi connectivity index (χ3n) is 4.51. The normalized spacial score (nSPS) is 25.0. The van der Waals surface area contributed by atoms with Gasteiger partial charge in [0, 0.05) is 38.4 Å². The summed E-state index contributed by atoms with van der Waals surface area (Å²) >= 11 is 0. The molecule has 2 bridgehead atoms. The summed E-state index contributed by atoms with van der Waals surface area (Å²) in [7, 11) is 1.96. The van der Waals surface area contributed by atoms with Crippen LogP contribution < -0.4 is 4.90 Å². The number of piperazine rings is 1. The van der Waals surface area contributed by atoms with Crippen molar-refractivity contribution in [2.45, 2.75) is 25.0 Å². The third kappa shape index (κ3) is 2.08. The van der Waals surface area contributed by atoms with Gasteiger partial charge in [0.25, 0.3) is 0 Å². The molecule has 110 valence electrons. The number of anilines is 1. The molecule has 0 aliphatic carbocycles. The number of hydrogen-bond donors (Lipinski definition) is 0. The summed E-state index contributed by atoms with van der Waals surface area (Å²) < 4.78 is 15.8. The van der Waals surface area contributed by atoms with Crippen molar-refractivity contribution in [3.8, 4) is 0 Å². The van der Waals surface area contributed by atoms with E-state index in [2.05, 4.69) is 25.0 Å². The van der Waals surface area contributed by atoms with Crippen molar-refractivity contribution in [2.75, 3.05) is 18.0 Å². The summed E-state index contributed by atoms with van der Waals surface area (Å²) in [5.41, 5.74) is 0. The van der Waals surface area contributed by atoms with Crippen molar-refractivity contribution in [1.29, 1.82) is 0 Å². The van der Waals surface area contributed by atoms with Gasteiger partial charge < -0.3 is 9.47 Å². The first kappa shape index (κ1) is 12.7. The Kier molecular flexibility index (Phi) is 2.88. The van der Waals surface area contributed by atoms with Crippen molar-refractivity contribution >= 4 is 5.82 Å². The average molecular weight is 288 g/mol. The molecular formula is C14H17FN6. The standard InChI is InChI=1S/C14H17FN6/c1-19-9-17-18-13(19)8-20-6-11-5-10(20)7-21(11)14-12(15)3-2-4-16-14/h2-4,9-11H,5-8H2,1H3. The van der Waals surface area contributed by atoms with Crippen LogP contribution in [0.1, 0.15) is 12.2 Å². The van der Waals surface area contributed by atoms with Crippen molar-refractivity contribution in [3.63, 3.8) is 0 Å². The molecule has 0 spiro atoms. The fourth-order valence-electron chi connectivity index (χ4n) is 3.42. The van der Waals surface area contributed by atoms with Gasteiger partial charge >= 0.3 is 0 Å². The molecule has 0 radical (unpaired) electrons. The Bertz CT molecular complexity index is 656. The Labute approximate surface area is 122 Å². The van der Waals surface area contributed by atoms with Crippen molar-refractivity contribution < 1.29 is 4.39 Å². The number of pyridine rings is 1. The summed E-state index contributed by atoms with van der Waals surface area (Å²) in [6.07, 6.45) is 4.44. The highest BCUT2D eigenvalue weighted by molar-refractivity contribution is 5.44. The molecule has 2 aliphatic heterocycles. The van der Waals surface area contributed by atoms with E-state index in [-0.39, 0.29) is 5.82 Å². The SMILES string of the molecule is Cn1cnnc1CN1CC2CC1CN2c1ncccc1F. The predicted molar refractivity (Wildman–Crippen MR) is 75.1 cm³/mol. The first-order valence-corrected chi connectivity index (χ1v) is 7.16. The number of hydrogen-bond acceptors (Lipinski definition) is 5. The van der Waals surface area contributed by atoms with E-state index >= 15 is 0 Å². The molecule has 6 nitrogen and oxygen atoms in total. The van der Waals surface area contributed by atoms with E-state index in [1.54, 1.807) is 18.6 Å². The minimum absolute atomic E-state index is 0.232. The lowest BCUT2D eigenvalue weighted by atomic mass is 10.2. The van der Waals surface area contributed by atoms with Gasteiger partial charge in [0.1, 0.15) is 12.2 Å². The summed E-state index contributed by atoms with van der Waals surface area (Å²) in [6, 6.07) is 3.89. The second-order valence-electron chi connectivity index (χ2n) is 5.79. The zero-order valence-corrected chi connectivity index (χ0v) is 11.9. The van der Waals surface area contributed by atoms with Crippen LogP contribution in [0.15, 0.2) is 24.7 Å². The van der Waals surface area contributed by atoms with E-state index in [1.807, 2.05) is 11.6 Å². The molecule has 0 N–H and O–H groups in total. The maximum absolute atomic E-state index is 13.9. The van der Waals surface area contributed by atoms with Gasteiger partial charge in [-0.25, -0.2) is 9.37 Å². The molecular weight excluding hydrogens is 271 g/mol. The van der Waals surface area contributed by atoms with Gasteiger partial charge in [-0.3, -0.25) is 4.90 Å². The minimum atomic E-state index is -0.232. The van der Waals surface area contributed by atoms with Gasteiger partial charge in [-0.05, 0) is 18.6 Å². The first-order valence-electron chi connectivity index (χ1n) is 7.16. The molecule has 4 rings (SSSR count). The van der Waals surface area contributed by atoms with Crippen LogP contribution in [0, 0.1) is 5.82 Å². The highest BCUT2D eigenvalue weighted by Gasteiger charge is 2.44. The van der Waals surface area contributed by atoms with Crippen LogP contribution in [0.3, 0.4) is 0 Å². The number of halogens is 1. The fourth-order valence-corrected chi connectivity index (χ4v) is 3.42. The Morgan fingerprint density at radius 3 is 2.90 bits per heavy atom. The fraction of sp³-hybridized carbons (Fsp3) is 0.500. The molecule has 21 heavy (non-hydrogen) atoms. The smallest absolute Gasteiger partial charge is 0.165 e. The molecule has 0 saturated carbocycles. The van der Waals surface area contributed by atoms with Gasteiger partial charge in [-0.15, -0.1) is 10.2 Å². The first-order chi connectivity index (χ1) is 10.2. The van der Waals surface area contributed by atoms with Crippen LogP contribution in [0.5, 0.6) is 0 Å². The third-order valence-corrected chi connectivity index (χ3v) is 4.51. The quantitative estimate of drug-likeness (QED) is 0.836. The number of nitrogens with zero attached hydrogens (tertiary/aromatic N) is 6. The number of fused-ring (bicyclic) bond motifs is 2. The lowest BCUT2D eigenvalue weighted by Gasteiger charge is -2.34. The second kappa shape index (κ2) is 4.77. The highest BCUT2D eigenvalue weighted by Crippen LogP contribution is 2.35. The lowest BCUT2D eigenvalue weighted by molar-refractivity contribution is 0.221. The van der Waals surface area contributed by atoms with E-state index in [0.717, 1.165) is 31.9 Å². The molecule has 7 heteroatoms. The van der Waals surface area contributed by atoms with Gasteiger partial charge in [0.15, 0.2) is 11.6 Å². The number of aryl methyl sites for hydroxylation is 1. The predicted octanol–water partition coefficient (Wildman–Crippen LogP) is 0.812. The molecule has 2 atom stereocenters. The van der Waals surface area contributed by atoms with Gasteiger partial charge in [0.2, 0.25) is 0 Å². The second-order valence-corrected chi connectivity index (χ2v) is 5.79. The van der Waals surface area contributed by atoms with Crippen molar-refractivity contribution in [1.82, 2.24) is 24.6 Å². The molecule has 2 aromatic heterocycles. The largest absolute Gasteiger partial charge is 0.348 e. The van der Waals surface area contributed by atoms with Crippen LogP contribution in [0.25, 0.3) is 0 Å². The molecule has 2 unspecified atom stereocenters. The van der Waals surface area contributed by atoms with Crippen LogP contribution >= 0.6 is 0 Å². The average Bonchev–Trinajstić information content (AvgIpc) is 3.16. The molecule has 2 saturated heterocycles. The highest BCUT2D eigenvalue weighted by atomic mass is 19.1. The zero-order valence-electron chi connectivity index (χ0n) is 11.9. The summed E-state index contributed by atoms with van der Waals surface area (Å²) in [5, 5.41) is 8.06. The van der Waals surface area contributed by atoms with E-state index in [9.17, 15) is 4.39 Å². The maximum Gasteiger partial charge on any atom is 0.165 e. The van der Waals surface area contributed by atoms with E-state index in [1.165, 1.54) is 6.07 Å². The molecule has 0 amide bonds. The summed E-state index contributed by atoms with van der Waals surface area (Å²) in [5.74, 6) is 1.23. The Morgan fingerprint density at radius 1 is 1.33 bits per heavy atom. The van der Waals surface area contributed by atoms with E-state index < -0.39 is 0 Å². The topological polar surface area (TPSA) is 50.1 Å². The monoisotopic (exact) mass is 288 g/mol. The van der Waals surface area contributed by atoms with Crippen LogP contribution in [-0.2, 0) is 13.6 Å². The van der Waals surface area contributed by atoms with Crippen LogP contribution in [-0.4, -0.2) is 49.8 Å². The lowest BCUT2D eigenvalue weighted by Crippen LogP contribution is -2.46.